The van der Waals surface area contributed by atoms with Crippen LogP contribution in [0.3, 0.4) is 0 Å². The van der Waals surface area contributed by atoms with Crippen molar-refractivity contribution < 1.29 is 22.7 Å². The number of fused-ring (bicyclic) bond motifs is 2. The summed E-state index contributed by atoms with van der Waals surface area (Å²) in [6.45, 7) is 2.43. The molecule has 5 nitrogen and oxygen atoms in total. The van der Waals surface area contributed by atoms with Gasteiger partial charge in [0.1, 0.15) is 0 Å². The van der Waals surface area contributed by atoms with Crippen LogP contribution in [0.25, 0.3) is 0 Å². The Morgan fingerprint density at radius 1 is 1.21 bits per heavy atom. The standard InChI is InChI=1S/C16H16F3N3O2/c17-16(18,19)15(20-21-15)13-3-1-2-12(5-13)14(23)22-6-10-4-11(7-22)9-24-8-10/h1-3,5,10-11H,4,6-9H2. The van der Waals surface area contributed by atoms with E-state index < -0.39 is 11.8 Å². The Morgan fingerprint density at radius 2 is 1.88 bits per heavy atom. The highest BCUT2D eigenvalue weighted by Crippen LogP contribution is 2.52. The number of hydrogen-bond donors (Lipinski definition) is 0. The van der Waals surface area contributed by atoms with Gasteiger partial charge in [0.2, 0.25) is 0 Å². The molecule has 2 atom stereocenters. The van der Waals surface area contributed by atoms with Gasteiger partial charge in [-0.3, -0.25) is 4.79 Å². The van der Waals surface area contributed by atoms with Crippen molar-refractivity contribution in [2.75, 3.05) is 26.3 Å². The molecule has 3 aliphatic rings. The number of carbonyl (C=O) groups is 1. The lowest BCUT2D eigenvalue weighted by molar-refractivity contribution is -0.166. The van der Waals surface area contributed by atoms with Gasteiger partial charge in [0.25, 0.3) is 5.91 Å². The van der Waals surface area contributed by atoms with Crippen LogP contribution in [0.2, 0.25) is 0 Å². The number of likely N-dealkylation sites (tertiary alicyclic amines) is 1. The van der Waals surface area contributed by atoms with Crippen molar-refractivity contribution in [1.82, 2.24) is 4.90 Å². The van der Waals surface area contributed by atoms with Crippen LogP contribution < -0.4 is 0 Å². The molecule has 0 N–H and O–H groups in total. The van der Waals surface area contributed by atoms with Crippen molar-refractivity contribution in [3.05, 3.63) is 35.4 Å². The number of nitrogens with zero attached hydrogens (tertiary/aromatic N) is 3. The maximum Gasteiger partial charge on any atom is 0.442 e. The normalized spacial score (nSPS) is 27.9. The first kappa shape index (κ1) is 15.6. The zero-order chi connectivity index (χ0) is 16.9. The number of rotatable bonds is 2. The Kier molecular flexibility index (Phi) is 3.42. The highest BCUT2D eigenvalue weighted by Gasteiger charge is 2.65. The fraction of sp³-hybridized carbons (Fsp3) is 0.562. The minimum Gasteiger partial charge on any atom is -0.381 e. The fourth-order valence-electron chi connectivity index (χ4n) is 3.62. The largest absolute Gasteiger partial charge is 0.442 e. The average Bonchev–Trinajstić information content (AvgIpc) is 3.35. The number of alkyl halides is 3. The third-order valence-electron chi connectivity index (χ3n) is 4.83. The number of piperidine rings is 1. The zero-order valence-electron chi connectivity index (χ0n) is 12.8. The summed E-state index contributed by atoms with van der Waals surface area (Å²) in [5.74, 6) is 0.366. The molecule has 3 heterocycles. The second-order valence-electron chi connectivity index (χ2n) is 6.67. The highest BCUT2D eigenvalue weighted by atomic mass is 19.4. The molecule has 2 fully saturated rings. The second-order valence-corrected chi connectivity index (χ2v) is 6.67. The van der Waals surface area contributed by atoms with Crippen LogP contribution >= 0.6 is 0 Å². The van der Waals surface area contributed by atoms with Crippen molar-refractivity contribution in [3.63, 3.8) is 0 Å². The van der Waals surface area contributed by atoms with E-state index in [0.29, 0.717) is 38.1 Å². The number of benzene rings is 1. The Balaban J connectivity index is 1.57. The molecule has 2 saturated heterocycles. The summed E-state index contributed by atoms with van der Waals surface area (Å²) < 4.78 is 44.9. The zero-order valence-corrected chi connectivity index (χ0v) is 12.8. The van der Waals surface area contributed by atoms with Gasteiger partial charge in [-0.15, -0.1) is 10.2 Å². The first-order valence-corrected chi connectivity index (χ1v) is 7.87. The van der Waals surface area contributed by atoms with E-state index >= 15 is 0 Å². The molecule has 0 radical (unpaired) electrons. The summed E-state index contributed by atoms with van der Waals surface area (Å²) >= 11 is 0. The van der Waals surface area contributed by atoms with E-state index in [1.165, 1.54) is 18.2 Å². The lowest BCUT2D eigenvalue weighted by Crippen LogP contribution is -2.49. The lowest BCUT2D eigenvalue weighted by atomic mass is 9.87. The maximum absolute atomic E-state index is 13.1. The summed E-state index contributed by atoms with van der Waals surface area (Å²) in [5.41, 5.74) is -2.36. The third-order valence-corrected chi connectivity index (χ3v) is 4.83. The maximum atomic E-state index is 13.1. The van der Waals surface area contributed by atoms with E-state index in [0.717, 1.165) is 6.42 Å². The molecule has 1 aromatic rings. The molecule has 24 heavy (non-hydrogen) atoms. The second kappa shape index (κ2) is 5.27. The van der Waals surface area contributed by atoms with Gasteiger partial charge in [0.15, 0.2) is 0 Å². The first-order chi connectivity index (χ1) is 11.4. The van der Waals surface area contributed by atoms with E-state index in [-0.39, 0.29) is 17.0 Å². The summed E-state index contributed by atoms with van der Waals surface area (Å²) in [4.78, 5) is 14.4. The highest BCUT2D eigenvalue weighted by molar-refractivity contribution is 5.94. The number of halogens is 3. The predicted octanol–water partition coefficient (Wildman–Crippen LogP) is 2.98. The SMILES string of the molecule is O=C(c1cccc(C2(C(F)(F)F)N=N2)c1)N1CC2COCC(C2)C1. The molecule has 2 bridgehead atoms. The van der Waals surface area contributed by atoms with Gasteiger partial charge in [-0.25, -0.2) is 0 Å². The Bertz CT molecular complexity index is 686. The van der Waals surface area contributed by atoms with Gasteiger partial charge in [0.05, 0.1) is 13.2 Å². The van der Waals surface area contributed by atoms with Crippen LogP contribution in [0.4, 0.5) is 13.2 Å². The molecule has 4 rings (SSSR count). The summed E-state index contributed by atoms with van der Waals surface area (Å²) in [6.07, 6.45) is -3.55. The monoisotopic (exact) mass is 339 g/mol. The number of carbonyl (C=O) groups excluding carboxylic acids is 1. The van der Waals surface area contributed by atoms with Gasteiger partial charge in [0, 0.05) is 36.1 Å². The minimum atomic E-state index is -4.59. The molecular formula is C16H16F3N3O2. The summed E-state index contributed by atoms with van der Waals surface area (Å²) in [5, 5.41) is 6.39. The van der Waals surface area contributed by atoms with Gasteiger partial charge in [-0.2, -0.15) is 13.2 Å². The molecule has 128 valence electrons. The average molecular weight is 339 g/mol. The lowest BCUT2D eigenvalue weighted by Gasteiger charge is -2.41. The van der Waals surface area contributed by atoms with E-state index in [1.807, 2.05) is 0 Å². The molecule has 0 aliphatic carbocycles. The molecule has 2 unspecified atom stereocenters. The molecule has 0 spiro atoms. The van der Waals surface area contributed by atoms with Gasteiger partial charge in [-0.1, -0.05) is 12.1 Å². The van der Waals surface area contributed by atoms with Crippen LogP contribution in [0.1, 0.15) is 22.3 Å². The molecule has 3 aliphatic heterocycles. The van der Waals surface area contributed by atoms with Gasteiger partial charge >= 0.3 is 11.8 Å². The van der Waals surface area contributed by atoms with E-state index in [4.69, 9.17) is 4.74 Å². The minimum absolute atomic E-state index is 0.110. The predicted molar refractivity (Wildman–Crippen MR) is 77.4 cm³/mol. The third kappa shape index (κ3) is 2.49. The van der Waals surface area contributed by atoms with Crippen LogP contribution in [0.15, 0.2) is 34.5 Å². The van der Waals surface area contributed by atoms with Crippen molar-refractivity contribution >= 4 is 5.91 Å². The number of ether oxygens (including phenoxy) is 1. The smallest absolute Gasteiger partial charge is 0.381 e. The van der Waals surface area contributed by atoms with E-state index in [9.17, 15) is 18.0 Å². The van der Waals surface area contributed by atoms with Crippen LogP contribution in [-0.4, -0.2) is 43.3 Å². The molecular weight excluding hydrogens is 323 g/mol. The van der Waals surface area contributed by atoms with Crippen molar-refractivity contribution in [2.45, 2.75) is 18.3 Å². The van der Waals surface area contributed by atoms with Gasteiger partial charge in [-0.05, 0) is 18.6 Å². The fourth-order valence-corrected chi connectivity index (χ4v) is 3.62. The van der Waals surface area contributed by atoms with Gasteiger partial charge < -0.3 is 9.64 Å². The van der Waals surface area contributed by atoms with Crippen molar-refractivity contribution in [1.29, 1.82) is 0 Å². The molecule has 1 amide bonds. The van der Waals surface area contributed by atoms with Crippen molar-refractivity contribution in [3.8, 4) is 0 Å². The number of amides is 1. The molecule has 0 saturated carbocycles. The van der Waals surface area contributed by atoms with Crippen LogP contribution in [0.5, 0.6) is 0 Å². The Labute approximate surface area is 136 Å². The quantitative estimate of drug-likeness (QED) is 0.832. The van der Waals surface area contributed by atoms with E-state index in [2.05, 4.69) is 10.2 Å². The van der Waals surface area contributed by atoms with Crippen LogP contribution in [0, 0.1) is 11.8 Å². The topological polar surface area (TPSA) is 54.3 Å². The number of hydrogen-bond acceptors (Lipinski definition) is 4. The first-order valence-electron chi connectivity index (χ1n) is 7.87. The molecule has 1 aromatic carbocycles. The summed E-state index contributed by atoms with van der Waals surface area (Å²) in [6, 6.07) is 5.56. The van der Waals surface area contributed by atoms with Crippen LogP contribution in [-0.2, 0) is 10.4 Å². The Morgan fingerprint density at radius 3 is 2.46 bits per heavy atom. The van der Waals surface area contributed by atoms with Crippen molar-refractivity contribution in [2.24, 2.45) is 22.1 Å². The molecule has 8 heteroatoms. The summed E-state index contributed by atoms with van der Waals surface area (Å²) in [7, 11) is 0. The molecule has 0 aromatic heterocycles. The van der Waals surface area contributed by atoms with E-state index in [1.54, 1.807) is 11.0 Å². The Hall–Kier alpha value is -1.96.